The molecule has 0 saturated carbocycles. The third kappa shape index (κ3) is 1.93. The van der Waals surface area contributed by atoms with Gasteiger partial charge in [0.15, 0.2) is 0 Å². The number of carboxylic acid groups (broad SMARTS) is 1. The maximum absolute atomic E-state index is 11.5. The summed E-state index contributed by atoms with van der Waals surface area (Å²) in [5.74, 6) is -1.91. The average molecular weight is 214 g/mol. The van der Waals surface area contributed by atoms with Crippen LogP contribution in [0.5, 0.6) is 0 Å². The number of aliphatic carboxylic acids is 1. The fourth-order valence-electron chi connectivity index (χ4n) is 1.61. The van der Waals surface area contributed by atoms with Crippen molar-refractivity contribution in [1.82, 2.24) is 9.80 Å². The number of nitrogens with zero attached hydrogens (tertiary/aromatic N) is 2. The lowest BCUT2D eigenvalue weighted by atomic mass is 10.0. The first-order chi connectivity index (χ1) is 6.86. The molecule has 0 aromatic rings. The summed E-state index contributed by atoms with van der Waals surface area (Å²) in [7, 11) is 1.47. The second-order valence-corrected chi connectivity index (χ2v) is 3.93. The number of carbonyl (C=O) groups excluding carboxylic acids is 2. The first kappa shape index (κ1) is 11.5. The van der Waals surface area contributed by atoms with Crippen LogP contribution in [-0.4, -0.2) is 52.4 Å². The lowest BCUT2D eigenvalue weighted by Gasteiger charge is -2.24. The van der Waals surface area contributed by atoms with Crippen LogP contribution in [0.25, 0.3) is 0 Å². The normalized spacial score (nSPS) is 18.9. The molecule has 0 aliphatic carbocycles. The standard InChI is InChI=1S/C9H14N2O4/c1-5(2)7(8(13)14)11-6(12)4-10(3)9(11)15/h5,7H,4H2,1-3H3,(H,13,14). The van der Waals surface area contributed by atoms with E-state index in [1.54, 1.807) is 13.8 Å². The summed E-state index contributed by atoms with van der Waals surface area (Å²) in [5, 5.41) is 8.96. The number of likely N-dealkylation sites (N-methyl/N-ethyl adjacent to an activating group) is 1. The Morgan fingerprint density at radius 3 is 2.20 bits per heavy atom. The van der Waals surface area contributed by atoms with E-state index in [-0.39, 0.29) is 12.5 Å². The van der Waals surface area contributed by atoms with Crippen LogP contribution in [0, 0.1) is 5.92 Å². The zero-order valence-electron chi connectivity index (χ0n) is 8.93. The number of urea groups is 1. The molecule has 0 aromatic carbocycles. The Labute approximate surface area is 87.5 Å². The molecule has 1 aliphatic heterocycles. The van der Waals surface area contributed by atoms with Crippen LogP contribution in [0.15, 0.2) is 0 Å². The smallest absolute Gasteiger partial charge is 0.327 e. The minimum Gasteiger partial charge on any atom is -0.480 e. The highest BCUT2D eigenvalue weighted by Crippen LogP contribution is 2.18. The zero-order valence-corrected chi connectivity index (χ0v) is 8.93. The number of hydrogen-bond acceptors (Lipinski definition) is 3. The molecule has 0 radical (unpaired) electrons. The number of rotatable bonds is 3. The van der Waals surface area contributed by atoms with Crippen LogP contribution in [0.2, 0.25) is 0 Å². The molecule has 1 N–H and O–H groups in total. The fourth-order valence-corrected chi connectivity index (χ4v) is 1.61. The predicted octanol–water partition coefficient (Wildman–Crippen LogP) is -0.0104. The monoisotopic (exact) mass is 214 g/mol. The lowest BCUT2D eigenvalue weighted by molar-refractivity contribution is -0.147. The molecule has 1 unspecified atom stereocenters. The molecule has 1 rings (SSSR count). The quantitative estimate of drug-likeness (QED) is 0.670. The van der Waals surface area contributed by atoms with Gasteiger partial charge < -0.3 is 10.0 Å². The van der Waals surface area contributed by atoms with E-state index in [2.05, 4.69) is 0 Å². The molecule has 6 nitrogen and oxygen atoms in total. The Bertz CT molecular complexity index is 313. The van der Waals surface area contributed by atoms with Crippen molar-refractivity contribution in [2.24, 2.45) is 5.92 Å². The maximum atomic E-state index is 11.5. The van der Waals surface area contributed by atoms with Crippen molar-refractivity contribution in [2.75, 3.05) is 13.6 Å². The fraction of sp³-hybridized carbons (Fsp3) is 0.667. The molecule has 15 heavy (non-hydrogen) atoms. The van der Waals surface area contributed by atoms with Gasteiger partial charge in [-0.25, -0.2) is 14.5 Å². The van der Waals surface area contributed by atoms with Gasteiger partial charge in [-0.2, -0.15) is 0 Å². The summed E-state index contributed by atoms with van der Waals surface area (Å²) in [6, 6.07) is -1.61. The maximum Gasteiger partial charge on any atom is 0.327 e. The van der Waals surface area contributed by atoms with Crippen molar-refractivity contribution in [1.29, 1.82) is 0 Å². The van der Waals surface area contributed by atoms with Crippen LogP contribution < -0.4 is 0 Å². The molecule has 1 aliphatic rings. The SMILES string of the molecule is CC(C)C(C(=O)O)N1C(=O)CN(C)C1=O. The molecule has 84 valence electrons. The lowest BCUT2D eigenvalue weighted by Crippen LogP contribution is -2.48. The van der Waals surface area contributed by atoms with Crippen LogP contribution in [0.3, 0.4) is 0 Å². The average Bonchev–Trinajstić information content (AvgIpc) is 2.31. The van der Waals surface area contributed by atoms with E-state index < -0.39 is 23.9 Å². The van der Waals surface area contributed by atoms with Crippen molar-refractivity contribution in [3.05, 3.63) is 0 Å². The molecule has 0 bridgehead atoms. The Hall–Kier alpha value is -1.59. The minimum atomic E-state index is -1.15. The van der Waals surface area contributed by atoms with E-state index in [0.29, 0.717) is 0 Å². The third-order valence-corrected chi connectivity index (χ3v) is 2.34. The molecular formula is C9H14N2O4. The minimum absolute atomic E-state index is 0.0463. The van der Waals surface area contributed by atoms with E-state index in [4.69, 9.17) is 5.11 Å². The molecule has 6 heteroatoms. The summed E-state index contributed by atoms with van der Waals surface area (Å²) in [6.07, 6.45) is 0. The van der Waals surface area contributed by atoms with Crippen molar-refractivity contribution in [2.45, 2.75) is 19.9 Å². The van der Waals surface area contributed by atoms with Gasteiger partial charge in [0.25, 0.3) is 5.91 Å². The van der Waals surface area contributed by atoms with Crippen LogP contribution in [-0.2, 0) is 9.59 Å². The van der Waals surface area contributed by atoms with Crippen molar-refractivity contribution >= 4 is 17.9 Å². The number of imide groups is 1. The van der Waals surface area contributed by atoms with Gasteiger partial charge in [-0.05, 0) is 5.92 Å². The summed E-state index contributed by atoms with van der Waals surface area (Å²) in [6.45, 7) is 3.28. The van der Waals surface area contributed by atoms with Gasteiger partial charge in [0.05, 0.1) is 0 Å². The number of carboxylic acids is 1. The van der Waals surface area contributed by atoms with Crippen LogP contribution in [0.1, 0.15) is 13.8 Å². The summed E-state index contributed by atoms with van der Waals surface area (Å²) < 4.78 is 0. The highest BCUT2D eigenvalue weighted by molar-refractivity contribution is 6.04. The Morgan fingerprint density at radius 1 is 1.40 bits per heavy atom. The molecular weight excluding hydrogens is 200 g/mol. The van der Waals surface area contributed by atoms with E-state index in [1.807, 2.05) is 0 Å². The van der Waals surface area contributed by atoms with Crippen molar-refractivity contribution < 1.29 is 19.5 Å². The first-order valence-corrected chi connectivity index (χ1v) is 4.66. The Morgan fingerprint density at radius 2 is 1.93 bits per heavy atom. The number of amides is 3. The van der Waals surface area contributed by atoms with Gasteiger partial charge >= 0.3 is 12.0 Å². The van der Waals surface area contributed by atoms with Crippen LogP contribution >= 0.6 is 0 Å². The zero-order chi connectivity index (χ0) is 11.7. The van der Waals surface area contributed by atoms with Gasteiger partial charge in [0.1, 0.15) is 12.6 Å². The Kier molecular flexibility index (Phi) is 2.97. The highest BCUT2D eigenvalue weighted by atomic mass is 16.4. The molecule has 1 atom stereocenters. The summed E-state index contributed by atoms with van der Waals surface area (Å²) in [4.78, 5) is 36.0. The van der Waals surface area contributed by atoms with Gasteiger partial charge in [-0.3, -0.25) is 4.79 Å². The topological polar surface area (TPSA) is 77.9 Å². The molecule has 1 heterocycles. The molecule has 0 spiro atoms. The molecule has 1 saturated heterocycles. The second-order valence-electron chi connectivity index (χ2n) is 3.93. The predicted molar refractivity (Wildman–Crippen MR) is 51.1 cm³/mol. The second kappa shape index (κ2) is 3.88. The molecule has 1 fully saturated rings. The molecule has 3 amide bonds. The van der Waals surface area contributed by atoms with Crippen molar-refractivity contribution in [3.63, 3.8) is 0 Å². The van der Waals surface area contributed by atoms with E-state index in [1.165, 1.54) is 11.9 Å². The Balaban J connectivity index is 2.99. The summed E-state index contributed by atoms with van der Waals surface area (Å²) >= 11 is 0. The number of carbonyl (C=O) groups is 3. The van der Waals surface area contributed by atoms with Gasteiger partial charge in [-0.15, -0.1) is 0 Å². The van der Waals surface area contributed by atoms with Gasteiger partial charge in [0, 0.05) is 7.05 Å². The van der Waals surface area contributed by atoms with E-state index in [0.717, 1.165) is 4.90 Å². The third-order valence-electron chi connectivity index (χ3n) is 2.34. The van der Waals surface area contributed by atoms with Gasteiger partial charge in [0.2, 0.25) is 0 Å². The summed E-state index contributed by atoms with van der Waals surface area (Å²) in [5.41, 5.74) is 0. The number of hydrogen-bond donors (Lipinski definition) is 1. The van der Waals surface area contributed by atoms with E-state index >= 15 is 0 Å². The largest absolute Gasteiger partial charge is 0.480 e. The highest BCUT2D eigenvalue weighted by Gasteiger charge is 2.43. The first-order valence-electron chi connectivity index (χ1n) is 4.66. The van der Waals surface area contributed by atoms with Crippen LogP contribution in [0.4, 0.5) is 4.79 Å². The van der Waals surface area contributed by atoms with Gasteiger partial charge in [-0.1, -0.05) is 13.8 Å². The van der Waals surface area contributed by atoms with Crippen molar-refractivity contribution in [3.8, 4) is 0 Å². The van der Waals surface area contributed by atoms with E-state index in [9.17, 15) is 14.4 Å². The molecule has 0 aromatic heterocycles.